The molecule has 1 atom stereocenters. The Bertz CT molecular complexity index is 279. The van der Waals surface area contributed by atoms with Gasteiger partial charge in [0.05, 0.1) is 32.5 Å². The van der Waals surface area contributed by atoms with Crippen LogP contribution in [-0.2, 0) is 9.47 Å². The zero-order valence-electron chi connectivity index (χ0n) is 18.6. The largest absolute Gasteiger partial charge is 0.394 e. The third-order valence-corrected chi connectivity index (χ3v) is 4.99. The highest BCUT2D eigenvalue weighted by molar-refractivity contribution is 4.58. The van der Waals surface area contributed by atoms with Gasteiger partial charge in [-0.1, -0.05) is 90.4 Å². The Hall–Kier alpha value is -0.200. The highest BCUT2D eigenvalue weighted by Crippen LogP contribution is 2.12. The van der Waals surface area contributed by atoms with Gasteiger partial charge >= 0.3 is 0 Å². The molecule has 0 rings (SSSR count). The molecule has 170 valence electrons. The average Bonchev–Trinajstić information content (AvgIpc) is 2.70. The van der Waals surface area contributed by atoms with Crippen LogP contribution in [0.5, 0.6) is 0 Å². The van der Waals surface area contributed by atoms with E-state index in [1.165, 1.54) is 83.5 Å². The number of aliphatic hydroxyl groups is 2. The maximum absolute atomic E-state index is 9.80. The Morgan fingerprint density at radius 1 is 0.679 bits per heavy atom. The molecule has 3 N–H and O–H groups in total. The minimum absolute atomic E-state index is 0.0513. The molecule has 5 heteroatoms. The van der Waals surface area contributed by atoms with E-state index in [0.29, 0.717) is 32.9 Å². The SMILES string of the molecule is CCCCCCCCCCCCCCCCOCC(O)CNCCOCCO. The molecule has 0 aromatic carbocycles. The van der Waals surface area contributed by atoms with Crippen LogP contribution in [-0.4, -0.2) is 62.4 Å². The van der Waals surface area contributed by atoms with E-state index in [4.69, 9.17) is 14.6 Å². The molecule has 0 aliphatic rings. The van der Waals surface area contributed by atoms with Crippen LogP contribution in [0.4, 0.5) is 0 Å². The van der Waals surface area contributed by atoms with Gasteiger partial charge in [-0.05, 0) is 6.42 Å². The standard InChI is InChI=1S/C23H49NO4/c1-2-3-4-5-6-7-8-9-10-11-12-13-14-15-18-28-22-23(26)21-24-16-19-27-20-17-25/h23-26H,2-22H2,1H3. The van der Waals surface area contributed by atoms with Crippen molar-refractivity contribution in [1.29, 1.82) is 0 Å². The lowest BCUT2D eigenvalue weighted by atomic mass is 10.0. The van der Waals surface area contributed by atoms with Gasteiger partial charge in [-0.15, -0.1) is 0 Å². The number of aliphatic hydroxyl groups excluding tert-OH is 2. The van der Waals surface area contributed by atoms with Crippen LogP contribution < -0.4 is 5.32 Å². The number of hydrogen-bond donors (Lipinski definition) is 3. The molecule has 0 heterocycles. The van der Waals surface area contributed by atoms with Crippen LogP contribution in [0.15, 0.2) is 0 Å². The first-order valence-electron chi connectivity index (χ1n) is 12.0. The highest BCUT2D eigenvalue weighted by Gasteiger charge is 2.03. The molecule has 0 aromatic heterocycles. The van der Waals surface area contributed by atoms with E-state index in [1.54, 1.807) is 0 Å². The Balaban J connectivity index is 3.09. The lowest BCUT2D eigenvalue weighted by Gasteiger charge is -2.12. The summed E-state index contributed by atoms with van der Waals surface area (Å²) in [6.07, 6.45) is 18.6. The fourth-order valence-electron chi connectivity index (χ4n) is 3.26. The molecule has 0 aromatic rings. The molecular weight excluding hydrogens is 354 g/mol. The molecular formula is C23H49NO4. The molecule has 0 radical (unpaired) electrons. The molecule has 0 aliphatic heterocycles. The van der Waals surface area contributed by atoms with Crippen LogP contribution in [0.2, 0.25) is 0 Å². The van der Waals surface area contributed by atoms with Gasteiger partial charge in [0.15, 0.2) is 0 Å². The van der Waals surface area contributed by atoms with Crippen LogP contribution in [0.3, 0.4) is 0 Å². The van der Waals surface area contributed by atoms with Crippen molar-refractivity contribution in [1.82, 2.24) is 5.32 Å². The first-order valence-corrected chi connectivity index (χ1v) is 12.0. The Morgan fingerprint density at radius 2 is 1.21 bits per heavy atom. The molecule has 0 bridgehead atoms. The second-order valence-corrected chi connectivity index (χ2v) is 7.87. The van der Waals surface area contributed by atoms with Gasteiger partial charge < -0.3 is 25.0 Å². The van der Waals surface area contributed by atoms with E-state index < -0.39 is 6.10 Å². The van der Waals surface area contributed by atoms with Gasteiger partial charge in [-0.3, -0.25) is 0 Å². The van der Waals surface area contributed by atoms with Gasteiger partial charge in [0, 0.05) is 19.7 Å². The van der Waals surface area contributed by atoms with Crippen molar-refractivity contribution in [2.45, 2.75) is 103 Å². The molecule has 0 amide bonds. The summed E-state index contributed by atoms with van der Waals surface area (Å²) in [5.74, 6) is 0. The smallest absolute Gasteiger partial charge is 0.0897 e. The zero-order valence-corrected chi connectivity index (χ0v) is 18.6. The number of hydrogen-bond acceptors (Lipinski definition) is 5. The maximum atomic E-state index is 9.80. The summed E-state index contributed by atoms with van der Waals surface area (Å²) >= 11 is 0. The molecule has 0 saturated carbocycles. The Kier molecular flexibility index (Phi) is 24.7. The molecule has 0 aliphatic carbocycles. The van der Waals surface area contributed by atoms with Crippen molar-refractivity contribution in [2.75, 3.05) is 46.1 Å². The number of nitrogens with one attached hydrogen (secondary N) is 1. The maximum Gasteiger partial charge on any atom is 0.0897 e. The third-order valence-electron chi connectivity index (χ3n) is 4.99. The summed E-state index contributed by atoms with van der Waals surface area (Å²) in [6, 6.07) is 0. The van der Waals surface area contributed by atoms with Gasteiger partial charge in [0.2, 0.25) is 0 Å². The molecule has 0 saturated heterocycles. The predicted molar refractivity (Wildman–Crippen MR) is 118 cm³/mol. The van der Waals surface area contributed by atoms with E-state index in [-0.39, 0.29) is 6.61 Å². The fourth-order valence-corrected chi connectivity index (χ4v) is 3.26. The molecule has 0 fully saturated rings. The minimum atomic E-state index is -0.468. The summed E-state index contributed by atoms with van der Waals surface area (Å²) in [7, 11) is 0. The normalized spacial score (nSPS) is 12.5. The van der Waals surface area contributed by atoms with E-state index in [2.05, 4.69) is 12.2 Å². The summed E-state index contributed by atoms with van der Waals surface area (Å²) < 4.78 is 10.7. The van der Waals surface area contributed by atoms with Crippen molar-refractivity contribution >= 4 is 0 Å². The lowest BCUT2D eigenvalue weighted by molar-refractivity contribution is 0.0336. The zero-order chi connectivity index (χ0) is 20.5. The molecule has 0 spiro atoms. The molecule has 1 unspecified atom stereocenters. The van der Waals surface area contributed by atoms with Gasteiger partial charge in [0.25, 0.3) is 0 Å². The van der Waals surface area contributed by atoms with Crippen molar-refractivity contribution in [3.63, 3.8) is 0 Å². The van der Waals surface area contributed by atoms with E-state index in [9.17, 15) is 5.11 Å². The van der Waals surface area contributed by atoms with Crippen molar-refractivity contribution < 1.29 is 19.7 Å². The van der Waals surface area contributed by atoms with Gasteiger partial charge in [0.1, 0.15) is 0 Å². The van der Waals surface area contributed by atoms with Gasteiger partial charge in [-0.2, -0.15) is 0 Å². The second kappa shape index (κ2) is 24.8. The van der Waals surface area contributed by atoms with Crippen LogP contribution in [0.1, 0.15) is 96.8 Å². The summed E-state index contributed by atoms with van der Waals surface area (Å²) in [6.45, 7) is 5.57. The summed E-state index contributed by atoms with van der Waals surface area (Å²) in [5.41, 5.74) is 0. The topological polar surface area (TPSA) is 71.0 Å². The monoisotopic (exact) mass is 403 g/mol. The third kappa shape index (κ3) is 23.8. The van der Waals surface area contributed by atoms with E-state index >= 15 is 0 Å². The first kappa shape index (κ1) is 27.8. The fraction of sp³-hybridized carbons (Fsp3) is 1.00. The minimum Gasteiger partial charge on any atom is -0.394 e. The Morgan fingerprint density at radius 3 is 1.75 bits per heavy atom. The Labute approximate surface area is 174 Å². The first-order chi connectivity index (χ1) is 13.8. The number of ether oxygens (including phenoxy) is 2. The number of unbranched alkanes of at least 4 members (excludes halogenated alkanes) is 13. The quantitative estimate of drug-likeness (QED) is 0.208. The van der Waals surface area contributed by atoms with Crippen LogP contribution >= 0.6 is 0 Å². The van der Waals surface area contributed by atoms with Crippen molar-refractivity contribution in [3.05, 3.63) is 0 Å². The molecule has 5 nitrogen and oxygen atoms in total. The van der Waals surface area contributed by atoms with E-state index in [1.807, 2.05) is 0 Å². The summed E-state index contributed by atoms with van der Waals surface area (Å²) in [5, 5.41) is 21.5. The molecule has 28 heavy (non-hydrogen) atoms. The lowest BCUT2D eigenvalue weighted by Crippen LogP contribution is -2.32. The number of rotatable bonds is 24. The predicted octanol–water partition coefficient (Wildman–Crippen LogP) is 4.44. The van der Waals surface area contributed by atoms with Crippen LogP contribution in [0.25, 0.3) is 0 Å². The van der Waals surface area contributed by atoms with E-state index in [0.717, 1.165) is 13.0 Å². The van der Waals surface area contributed by atoms with Crippen molar-refractivity contribution in [2.24, 2.45) is 0 Å². The van der Waals surface area contributed by atoms with Crippen molar-refractivity contribution in [3.8, 4) is 0 Å². The highest BCUT2D eigenvalue weighted by atomic mass is 16.5. The van der Waals surface area contributed by atoms with Crippen LogP contribution in [0, 0.1) is 0 Å². The second-order valence-electron chi connectivity index (χ2n) is 7.87. The summed E-state index contributed by atoms with van der Waals surface area (Å²) in [4.78, 5) is 0. The average molecular weight is 404 g/mol. The van der Waals surface area contributed by atoms with Gasteiger partial charge in [-0.25, -0.2) is 0 Å².